The van der Waals surface area contributed by atoms with Crippen molar-refractivity contribution in [2.24, 2.45) is 0 Å². The summed E-state index contributed by atoms with van der Waals surface area (Å²) >= 11 is 0. The van der Waals surface area contributed by atoms with Crippen molar-refractivity contribution in [3.8, 4) is 0 Å². The predicted molar refractivity (Wildman–Crippen MR) is 41.1 cm³/mol. The molecule has 2 rings (SSSR count). The van der Waals surface area contributed by atoms with Crippen LogP contribution >= 0.6 is 0 Å². The molecule has 1 aromatic rings. The number of hydrogen-bond acceptors (Lipinski definition) is 2. The summed E-state index contributed by atoms with van der Waals surface area (Å²) in [6.07, 6.45) is 0.179. The third-order valence-corrected chi connectivity index (χ3v) is 1.89. The summed E-state index contributed by atoms with van der Waals surface area (Å²) in [5.74, 6) is 0. The van der Waals surface area contributed by atoms with E-state index in [4.69, 9.17) is 9.84 Å². The van der Waals surface area contributed by atoms with Crippen molar-refractivity contribution in [2.45, 2.75) is 12.2 Å². The zero-order chi connectivity index (χ0) is 7.68. The molecule has 0 radical (unpaired) electrons. The van der Waals surface area contributed by atoms with Gasteiger partial charge in [-0.2, -0.15) is 0 Å². The summed E-state index contributed by atoms with van der Waals surface area (Å²) < 4.78 is 5.20. The molecule has 0 saturated carbocycles. The second-order valence-corrected chi connectivity index (χ2v) is 2.69. The van der Waals surface area contributed by atoms with Crippen molar-refractivity contribution >= 4 is 0 Å². The van der Waals surface area contributed by atoms with Crippen LogP contribution in [-0.4, -0.2) is 17.8 Å². The predicted octanol–water partition coefficient (Wildman–Crippen LogP) is 1.12. The highest BCUT2D eigenvalue weighted by Crippen LogP contribution is 2.37. The molecular weight excluding hydrogens is 140 g/mol. The van der Waals surface area contributed by atoms with E-state index in [1.807, 2.05) is 30.3 Å². The summed E-state index contributed by atoms with van der Waals surface area (Å²) in [5.41, 5.74) is 1.16. The fourth-order valence-electron chi connectivity index (χ4n) is 1.22. The van der Waals surface area contributed by atoms with Gasteiger partial charge in [0.2, 0.25) is 0 Å². The molecule has 1 heterocycles. The Labute approximate surface area is 65.4 Å². The summed E-state index contributed by atoms with van der Waals surface area (Å²) in [5, 5.41) is 8.71. The first-order valence-electron chi connectivity index (χ1n) is 3.73. The molecular formula is C9H10O2. The van der Waals surface area contributed by atoms with Gasteiger partial charge in [-0.1, -0.05) is 30.3 Å². The number of ether oxygens (including phenoxy) is 1. The second-order valence-electron chi connectivity index (χ2n) is 2.69. The summed E-state index contributed by atoms with van der Waals surface area (Å²) in [6, 6.07) is 9.96. The third-order valence-electron chi connectivity index (χ3n) is 1.89. The highest BCUT2D eigenvalue weighted by atomic mass is 16.6. The first-order valence-corrected chi connectivity index (χ1v) is 3.73. The number of hydrogen-bond donors (Lipinski definition) is 1. The van der Waals surface area contributed by atoms with Gasteiger partial charge in [-0.3, -0.25) is 0 Å². The van der Waals surface area contributed by atoms with Crippen molar-refractivity contribution in [2.75, 3.05) is 6.61 Å². The number of aliphatic hydroxyl groups is 1. The Morgan fingerprint density at radius 2 is 2.00 bits per heavy atom. The Morgan fingerprint density at radius 1 is 1.27 bits per heavy atom. The number of rotatable bonds is 2. The molecule has 1 aliphatic rings. The van der Waals surface area contributed by atoms with E-state index in [0.717, 1.165) is 5.56 Å². The van der Waals surface area contributed by atoms with Crippen LogP contribution in [0.3, 0.4) is 0 Å². The van der Waals surface area contributed by atoms with E-state index in [-0.39, 0.29) is 18.8 Å². The van der Waals surface area contributed by atoms with Crippen LogP contribution in [0.4, 0.5) is 0 Å². The fourth-order valence-corrected chi connectivity index (χ4v) is 1.22. The Hall–Kier alpha value is -0.860. The zero-order valence-corrected chi connectivity index (χ0v) is 6.10. The lowest BCUT2D eigenvalue weighted by molar-refractivity contribution is 0.242. The van der Waals surface area contributed by atoms with Gasteiger partial charge < -0.3 is 9.84 Å². The lowest BCUT2D eigenvalue weighted by Gasteiger charge is -1.91. The molecule has 0 aliphatic carbocycles. The maximum atomic E-state index is 8.71. The SMILES string of the molecule is OC[C@H]1O[C@H]1c1ccccc1. The quantitative estimate of drug-likeness (QED) is 0.641. The normalized spacial score (nSPS) is 28.5. The van der Waals surface area contributed by atoms with Crippen molar-refractivity contribution in [1.82, 2.24) is 0 Å². The minimum absolute atomic E-state index is 0.0393. The van der Waals surface area contributed by atoms with Gasteiger partial charge in [-0.05, 0) is 5.56 Å². The van der Waals surface area contributed by atoms with Crippen LogP contribution in [0.5, 0.6) is 0 Å². The van der Waals surface area contributed by atoms with Crippen LogP contribution in [0.25, 0.3) is 0 Å². The fraction of sp³-hybridized carbons (Fsp3) is 0.333. The molecule has 58 valence electrons. The molecule has 11 heavy (non-hydrogen) atoms. The molecule has 1 saturated heterocycles. The third kappa shape index (κ3) is 1.27. The second kappa shape index (κ2) is 2.64. The maximum absolute atomic E-state index is 8.71. The molecule has 1 aliphatic heterocycles. The van der Waals surface area contributed by atoms with Gasteiger partial charge in [0.15, 0.2) is 0 Å². The molecule has 0 spiro atoms. The van der Waals surface area contributed by atoms with Gasteiger partial charge in [0.25, 0.3) is 0 Å². The summed E-state index contributed by atoms with van der Waals surface area (Å²) in [6.45, 7) is 0.125. The van der Waals surface area contributed by atoms with E-state index in [1.54, 1.807) is 0 Å². The van der Waals surface area contributed by atoms with Crippen molar-refractivity contribution in [3.63, 3.8) is 0 Å². The van der Waals surface area contributed by atoms with E-state index >= 15 is 0 Å². The standard InChI is InChI=1S/C9H10O2/c10-6-8-9(11-8)7-4-2-1-3-5-7/h1-5,8-10H,6H2/t8-,9+/m1/s1. The van der Waals surface area contributed by atoms with Crippen molar-refractivity contribution in [3.05, 3.63) is 35.9 Å². The molecule has 1 aromatic carbocycles. The molecule has 1 fully saturated rings. The maximum Gasteiger partial charge on any atom is 0.112 e. The van der Waals surface area contributed by atoms with E-state index < -0.39 is 0 Å². The molecule has 2 atom stereocenters. The van der Waals surface area contributed by atoms with E-state index in [2.05, 4.69) is 0 Å². The smallest absolute Gasteiger partial charge is 0.112 e. The van der Waals surface area contributed by atoms with E-state index in [9.17, 15) is 0 Å². The highest BCUT2D eigenvalue weighted by molar-refractivity contribution is 5.22. The molecule has 1 N–H and O–H groups in total. The van der Waals surface area contributed by atoms with Gasteiger partial charge in [0.1, 0.15) is 12.2 Å². The van der Waals surface area contributed by atoms with Crippen LogP contribution in [0, 0.1) is 0 Å². The zero-order valence-electron chi connectivity index (χ0n) is 6.10. The Bertz CT molecular complexity index is 233. The topological polar surface area (TPSA) is 32.8 Å². The first-order chi connectivity index (χ1) is 5.42. The Morgan fingerprint density at radius 3 is 2.55 bits per heavy atom. The summed E-state index contributed by atoms with van der Waals surface area (Å²) in [4.78, 5) is 0. The van der Waals surface area contributed by atoms with E-state index in [0.29, 0.717) is 0 Å². The monoisotopic (exact) mass is 150 g/mol. The molecule has 0 aromatic heterocycles. The Kier molecular flexibility index (Phi) is 1.64. The van der Waals surface area contributed by atoms with Crippen molar-refractivity contribution in [1.29, 1.82) is 0 Å². The number of aliphatic hydroxyl groups excluding tert-OH is 1. The average Bonchev–Trinajstić information content (AvgIpc) is 2.85. The number of epoxide rings is 1. The molecule has 2 heteroatoms. The minimum Gasteiger partial charge on any atom is -0.394 e. The van der Waals surface area contributed by atoms with Gasteiger partial charge >= 0.3 is 0 Å². The van der Waals surface area contributed by atoms with Crippen LogP contribution in [0.1, 0.15) is 11.7 Å². The molecule has 0 amide bonds. The minimum atomic E-state index is 0.0393. The lowest BCUT2D eigenvalue weighted by atomic mass is 10.1. The summed E-state index contributed by atoms with van der Waals surface area (Å²) in [7, 11) is 0. The molecule has 0 bridgehead atoms. The molecule has 2 nitrogen and oxygen atoms in total. The molecule has 0 unspecified atom stereocenters. The van der Waals surface area contributed by atoms with Crippen LogP contribution in [-0.2, 0) is 4.74 Å². The highest BCUT2D eigenvalue weighted by Gasteiger charge is 2.39. The van der Waals surface area contributed by atoms with Crippen LogP contribution in [0.15, 0.2) is 30.3 Å². The number of benzene rings is 1. The largest absolute Gasteiger partial charge is 0.394 e. The van der Waals surface area contributed by atoms with E-state index in [1.165, 1.54) is 0 Å². The van der Waals surface area contributed by atoms with Gasteiger partial charge in [0, 0.05) is 0 Å². The van der Waals surface area contributed by atoms with Gasteiger partial charge in [-0.25, -0.2) is 0 Å². The average molecular weight is 150 g/mol. The van der Waals surface area contributed by atoms with Gasteiger partial charge in [0.05, 0.1) is 6.61 Å². The van der Waals surface area contributed by atoms with Crippen LogP contribution in [0.2, 0.25) is 0 Å². The van der Waals surface area contributed by atoms with Crippen LogP contribution < -0.4 is 0 Å². The lowest BCUT2D eigenvalue weighted by Crippen LogP contribution is -1.93. The van der Waals surface area contributed by atoms with Gasteiger partial charge in [-0.15, -0.1) is 0 Å². The Balaban J connectivity index is 2.09. The van der Waals surface area contributed by atoms with Crippen molar-refractivity contribution < 1.29 is 9.84 Å². The first kappa shape index (κ1) is 6.83.